The first-order valence-electron chi connectivity index (χ1n) is 9.79. The van der Waals surface area contributed by atoms with Crippen LogP contribution in [0.25, 0.3) is 10.9 Å². The summed E-state index contributed by atoms with van der Waals surface area (Å²) in [6.07, 6.45) is 1.56. The fourth-order valence-electron chi connectivity index (χ4n) is 3.25. The van der Waals surface area contributed by atoms with E-state index in [-0.39, 0.29) is 37.7 Å². The second-order valence-electron chi connectivity index (χ2n) is 7.25. The summed E-state index contributed by atoms with van der Waals surface area (Å²) in [7, 11) is 0. The molecule has 0 aliphatic carbocycles. The van der Waals surface area contributed by atoms with Gasteiger partial charge in [0.25, 0.3) is 5.56 Å². The van der Waals surface area contributed by atoms with Gasteiger partial charge < -0.3 is 9.47 Å². The van der Waals surface area contributed by atoms with Gasteiger partial charge in [-0.3, -0.25) is 14.2 Å². The molecule has 0 N–H and O–H groups in total. The van der Waals surface area contributed by atoms with E-state index >= 15 is 0 Å². The molecule has 0 saturated carbocycles. The average molecular weight is 394 g/mol. The van der Waals surface area contributed by atoms with Crippen molar-refractivity contribution >= 4 is 16.9 Å². The van der Waals surface area contributed by atoms with E-state index in [1.54, 1.807) is 18.2 Å². The normalized spacial score (nSPS) is 11.0. The Balaban J connectivity index is 1.44. The van der Waals surface area contributed by atoms with Gasteiger partial charge in [0.15, 0.2) is 0 Å². The summed E-state index contributed by atoms with van der Waals surface area (Å²) in [4.78, 5) is 28.6. The number of carbonyl (C=O) groups excluding carboxylic acids is 1. The number of rotatable bonds is 8. The Hall–Kier alpha value is -3.15. The number of hydrogen-bond donors (Lipinski definition) is 0. The number of carbonyl (C=O) groups is 1. The Kier molecular flexibility index (Phi) is 6.65. The monoisotopic (exact) mass is 394 g/mol. The number of esters is 1. The molecule has 0 radical (unpaired) electrons. The van der Waals surface area contributed by atoms with Gasteiger partial charge in [0, 0.05) is 6.54 Å². The highest BCUT2D eigenvalue weighted by molar-refractivity contribution is 5.77. The van der Waals surface area contributed by atoms with E-state index in [0.29, 0.717) is 16.8 Å². The molecule has 2 aromatic carbocycles. The molecule has 29 heavy (non-hydrogen) atoms. The summed E-state index contributed by atoms with van der Waals surface area (Å²) in [5.74, 6) is 0.854. The molecule has 0 aliphatic heterocycles. The topological polar surface area (TPSA) is 70.4 Å². The molecule has 0 fully saturated rings. The van der Waals surface area contributed by atoms with Gasteiger partial charge in [-0.25, -0.2) is 4.98 Å². The van der Waals surface area contributed by atoms with Gasteiger partial charge in [0.05, 0.1) is 23.7 Å². The van der Waals surface area contributed by atoms with Crippen molar-refractivity contribution < 1.29 is 14.3 Å². The Morgan fingerprint density at radius 3 is 2.69 bits per heavy atom. The third-order valence-corrected chi connectivity index (χ3v) is 4.77. The number of ether oxygens (including phenoxy) is 2. The van der Waals surface area contributed by atoms with Gasteiger partial charge in [0.2, 0.25) is 0 Å². The Morgan fingerprint density at radius 1 is 1.14 bits per heavy atom. The van der Waals surface area contributed by atoms with E-state index in [1.165, 1.54) is 22.0 Å². The highest BCUT2D eigenvalue weighted by atomic mass is 16.6. The minimum atomic E-state index is -0.375. The van der Waals surface area contributed by atoms with Gasteiger partial charge in [0.1, 0.15) is 19.0 Å². The molecular weight excluding hydrogens is 368 g/mol. The number of benzene rings is 2. The van der Waals surface area contributed by atoms with E-state index in [2.05, 4.69) is 31.8 Å². The summed E-state index contributed by atoms with van der Waals surface area (Å²) < 4.78 is 12.3. The maximum absolute atomic E-state index is 12.4. The summed E-state index contributed by atoms with van der Waals surface area (Å²) in [6.45, 7) is 7.05. The Morgan fingerprint density at radius 2 is 1.93 bits per heavy atom. The summed E-state index contributed by atoms with van der Waals surface area (Å²) >= 11 is 0. The molecule has 0 atom stereocenters. The molecular formula is C23H26N2O4. The minimum Gasteiger partial charge on any atom is -0.490 e. The molecule has 0 aliphatic rings. The summed E-state index contributed by atoms with van der Waals surface area (Å²) in [6, 6.07) is 13.1. The quantitative estimate of drug-likeness (QED) is 0.429. The minimum absolute atomic E-state index is 0.0993. The van der Waals surface area contributed by atoms with Crippen LogP contribution >= 0.6 is 0 Å². The van der Waals surface area contributed by atoms with Crippen LogP contribution in [0.2, 0.25) is 0 Å². The second kappa shape index (κ2) is 9.37. The van der Waals surface area contributed by atoms with Crippen molar-refractivity contribution in [3.05, 3.63) is 70.3 Å². The molecule has 152 valence electrons. The lowest BCUT2D eigenvalue weighted by Crippen LogP contribution is -2.23. The van der Waals surface area contributed by atoms with Gasteiger partial charge in [-0.1, -0.05) is 32.0 Å². The maximum atomic E-state index is 12.4. The Bertz CT molecular complexity index is 1060. The van der Waals surface area contributed by atoms with E-state index in [9.17, 15) is 9.59 Å². The number of nitrogens with zero attached hydrogens (tertiary/aromatic N) is 2. The van der Waals surface area contributed by atoms with Gasteiger partial charge in [-0.15, -0.1) is 0 Å². The Labute approximate surface area is 170 Å². The number of fused-ring (bicyclic) bond motifs is 1. The average Bonchev–Trinajstić information content (AvgIpc) is 2.70. The van der Waals surface area contributed by atoms with Crippen molar-refractivity contribution in [2.45, 2.75) is 39.7 Å². The standard InChI is InChI=1S/C23H26N2O4/c1-16(2)19-9-8-18(14-17(19)3)28-12-13-29-22(26)10-11-25-15-24-21-7-5-4-6-20(21)23(25)27/h4-9,14-16H,10-13H2,1-3H3. The largest absolute Gasteiger partial charge is 0.490 e. The van der Waals surface area contributed by atoms with E-state index in [1.807, 2.05) is 18.2 Å². The van der Waals surface area contributed by atoms with Crippen molar-refractivity contribution in [2.24, 2.45) is 0 Å². The smallest absolute Gasteiger partial charge is 0.307 e. The molecule has 0 saturated heterocycles. The van der Waals surface area contributed by atoms with Crippen molar-refractivity contribution in [2.75, 3.05) is 13.2 Å². The first-order valence-corrected chi connectivity index (χ1v) is 9.79. The molecule has 0 bridgehead atoms. The van der Waals surface area contributed by atoms with Crippen molar-refractivity contribution in [3.8, 4) is 5.75 Å². The zero-order chi connectivity index (χ0) is 20.8. The van der Waals surface area contributed by atoms with Crippen molar-refractivity contribution in [1.82, 2.24) is 9.55 Å². The molecule has 0 spiro atoms. The molecule has 6 nitrogen and oxygen atoms in total. The van der Waals surface area contributed by atoms with Crippen LogP contribution < -0.4 is 10.3 Å². The van der Waals surface area contributed by atoms with Crippen LogP contribution in [0.5, 0.6) is 5.75 Å². The van der Waals surface area contributed by atoms with E-state index in [0.717, 1.165) is 5.75 Å². The SMILES string of the molecule is Cc1cc(OCCOC(=O)CCn2cnc3ccccc3c2=O)ccc1C(C)C. The van der Waals surface area contributed by atoms with Crippen LogP contribution in [0.4, 0.5) is 0 Å². The molecule has 3 aromatic rings. The molecule has 1 aromatic heterocycles. The lowest BCUT2D eigenvalue weighted by molar-refractivity contribution is -0.144. The second-order valence-corrected chi connectivity index (χ2v) is 7.25. The van der Waals surface area contributed by atoms with Crippen LogP contribution in [0, 0.1) is 6.92 Å². The van der Waals surface area contributed by atoms with E-state index < -0.39 is 0 Å². The highest BCUT2D eigenvalue weighted by Gasteiger charge is 2.08. The van der Waals surface area contributed by atoms with Crippen LogP contribution in [0.15, 0.2) is 53.6 Å². The number of aromatic nitrogens is 2. The fraction of sp³-hybridized carbons (Fsp3) is 0.348. The summed E-state index contributed by atoms with van der Waals surface area (Å²) in [5, 5.41) is 0.538. The lowest BCUT2D eigenvalue weighted by atomic mass is 9.98. The third kappa shape index (κ3) is 5.22. The van der Waals surface area contributed by atoms with E-state index in [4.69, 9.17) is 9.47 Å². The molecule has 3 rings (SSSR count). The molecule has 6 heteroatoms. The zero-order valence-corrected chi connectivity index (χ0v) is 17.1. The molecule has 0 amide bonds. The molecule has 1 heterocycles. The van der Waals surface area contributed by atoms with Crippen molar-refractivity contribution in [1.29, 1.82) is 0 Å². The predicted molar refractivity (Wildman–Crippen MR) is 112 cm³/mol. The summed E-state index contributed by atoms with van der Waals surface area (Å²) in [5.41, 5.74) is 2.96. The third-order valence-electron chi connectivity index (χ3n) is 4.77. The number of para-hydroxylation sites is 1. The first-order chi connectivity index (χ1) is 14.0. The number of aryl methyl sites for hydroxylation is 2. The van der Waals surface area contributed by atoms with Crippen LogP contribution in [0.3, 0.4) is 0 Å². The van der Waals surface area contributed by atoms with Gasteiger partial charge in [-0.05, 0) is 48.2 Å². The first kappa shape index (κ1) is 20.6. The lowest BCUT2D eigenvalue weighted by Gasteiger charge is -2.12. The molecule has 0 unspecified atom stereocenters. The fourth-order valence-corrected chi connectivity index (χ4v) is 3.25. The highest BCUT2D eigenvalue weighted by Crippen LogP contribution is 2.23. The zero-order valence-electron chi connectivity index (χ0n) is 17.1. The van der Waals surface area contributed by atoms with Crippen LogP contribution in [-0.4, -0.2) is 28.7 Å². The maximum Gasteiger partial charge on any atom is 0.307 e. The number of hydrogen-bond acceptors (Lipinski definition) is 5. The van der Waals surface area contributed by atoms with Crippen molar-refractivity contribution in [3.63, 3.8) is 0 Å². The van der Waals surface area contributed by atoms with Crippen LogP contribution in [0.1, 0.15) is 37.3 Å². The van der Waals surface area contributed by atoms with Gasteiger partial charge in [-0.2, -0.15) is 0 Å². The predicted octanol–water partition coefficient (Wildman–Crippen LogP) is 3.84. The van der Waals surface area contributed by atoms with Crippen LogP contribution in [-0.2, 0) is 16.1 Å². The van der Waals surface area contributed by atoms with Gasteiger partial charge >= 0.3 is 5.97 Å².